The van der Waals surface area contributed by atoms with Crippen LogP contribution in [-0.4, -0.2) is 35.8 Å². The zero-order valence-corrected chi connectivity index (χ0v) is 9.11. The van der Waals surface area contributed by atoms with Crippen LogP contribution < -0.4 is 0 Å². The van der Waals surface area contributed by atoms with Gasteiger partial charge in [-0.3, -0.25) is 0 Å². The first kappa shape index (κ1) is 19.0. The molecule has 0 aromatic carbocycles. The minimum absolute atomic E-state index is 2.44. The molecule has 0 radical (unpaired) electrons. The number of carbonyl (C=O) groups excluding carboxylic acids is 1. The number of hydrogen-bond donors (Lipinski definition) is 0. The van der Waals surface area contributed by atoms with Gasteiger partial charge in [0.25, 0.3) is 0 Å². The summed E-state index contributed by atoms with van der Waals surface area (Å²) in [5.41, 5.74) is 0. The van der Waals surface area contributed by atoms with Crippen molar-refractivity contribution >= 4 is 17.8 Å². The summed E-state index contributed by atoms with van der Waals surface area (Å²) in [5.74, 6) is -33.0. The van der Waals surface area contributed by atoms with E-state index in [2.05, 4.69) is 16.2 Å². The summed E-state index contributed by atoms with van der Waals surface area (Å²) in [4.78, 5) is 10.1. The van der Waals surface area contributed by atoms with Crippen molar-refractivity contribution in [2.75, 3.05) is 0 Å². The van der Waals surface area contributed by atoms with Crippen LogP contribution in [0.25, 0.3) is 0 Å². The lowest BCUT2D eigenvalue weighted by Gasteiger charge is -2.35. The average molecular weight is 348 g/mol. The molecular weight excluding hydrogens is 348 g/mol. The molecule has 0 rings (SSSR count). The van der Waals surface area contributed by atoms with E-state index in [4.69, 9.17) is 0 Å². The molecule has 2 nitrogen and oxygen atoms in total. The maximum Gasteiger partial charge on any atom is 0.460 e. The number of carbonyl (C=O) groups is 1. The lowest BCUT2D eigenvalue weighted by molar-refractivity contribution is -0.417. The molecule has 0 amide bonds. The van der Waals surface area contributed by atoms with Crippen molar-refractivity contribution in [3.8, 4) is 0 Å². The highest BCUT2D eigenvalue weighted by molar-refractivity contribution is 6.14. The van der Waals surface area contributed by atoms with Gasteiger partial charge in [-0.25, -0.2) is 4.79 Å². The Morgan fingerprint density at radius 3 is 1.30 bits per heavy atom. The van der Waals surface area contributed by atoms with Crippen molar-refractivity contribution in [1.29, 1.82) is 0 Å². The Morgan fingerprint density at radius 1 is 0.700 bits per heavy atom. The quantitative estimate of drug-likeness (QED) is 0.723. The van der Waals surface area contributed by atoms with Crippen LogP contribution in [0.5, 0.6) is 0 Å². The van der Waals surface area contributed by atoms with E-state index < -0.39 is 35.8 Å². The molecule has 0 aliphatic rings. The second-order valence-corrected chi connectivity index (χ2v) is 3.31. The molecule has 0 N–H and O–H groups in total. The third-order valence-electron chi connectivity index (χ3n) is 1.87. The first-order valence-electron chi connectivity index (χ1n) is 3.89. The lowest BCUT2D eigenvalue weighted by atomic mass is 9.98. The molecule has 14 heteroatoms. The standard InChI is InChI=1S/C6ClF11O2/c7-20-1(19)2(8,9)3(10,11)4(12,13)5(14,15)6(16,17)18. The zero-order valence-electron chi connectivity index (χ0n) is 8.35. The van der Waals surface area contributed by atoms with Crippen LogP contribution in [0, 0.1) is 0 Å². The molecule has 0 unspecified atom stereocenters. The van der Waals surface area contributed by atoms with Gasteiger partial charge in [0.15, 0.2) is 0 Å². The van der Waals surface area contributed by atoms with E-state index in [1.807, 2.05) is 0 Å². The van der Waals surface area contributed by atoms with Crippen molar-refractivity contribution in [1.82, 2.24) is 0 Å². The molecule has 0 heterocycles. The van der Waals surface area contributed by atoms with Crippen LogP contribution >= 0.6 is 11.9 Å². The predicted molar refractivity (Wildman–Crippen MR) is 37.8 cm³/mol. The van der Waals surface area contributed by atoms with Crippen LogP contribution in [-0.2, 0) is 9.08 Å². The fourth-order valence-corrected chi connectivity index (χ4v) is 0.846. The largest absolute Gasteiger partial charge is 0.460 e. The third-order valence-corrected chi connectivity index (χ3v) is 2.01. The molecule has 0 saturated heterocycles. The maximum atomic E-state index is 12.6. The summed E-state index contributed by atoms with van der Waals surface area (Å²) < 4.78 is 137. The minimum atomic E-state index is -7.66. The predicted octanol–water partition coefficient (Wildman–Crippen LogP) is 3.79. The van der Waals surface area contributed by atoms with Crippen molar-refractivity contribution in [2.45, 2.75) is 29.9 Å². The highest BCUT2D eigenvalue weighted by Crippen LogP contribution is 2.57. The van der Waals surface area contributed by atoms with Crippen LogP contribution in [0.4, 0.5) is 48.3 Å². The molecule has 0 bridgehead atoms. The Balaban J connectivity index is 6.00. The van der Waals surface area contributed by atoms with Gasteiger partial charge in [0, 0.05) is 0 Å². The lowest BCUT2D eigenvalue weighted by Crippen LogP contribution is -2.68. The Morgan fingerprint density at radius 2 is 1.05 bits per heavy atom. The molecule has 0 aliphatic carbocycles. The topological polar surface area (TPSA) is 26.3 Å². The molecular formula is C6ClF11O2. The molecule has 0 aliphatic heterocycles. The number of rotatable bonds is 4. The van der Waals surface area contributed by atoms with Crippen LogP contribution in [0.2, 0.25) is 0 Å². The summed E-state index contributed by atoms with van der Waals surface area (Å²) in [6.45, 7) is 0. The van der Waals surface area contributed by atoms with E-state index in [-0.39, 0.29) is 0 Å². The fraction of sp³-hybridized carbons (Fsp3) is 0.833. The molecule has 0 fully saturated rings. The van der Waals surface area contributed by atoms with Crippen molar-refractivity contribution in [2.24, 2.45) is 0 Å². The van der Waals surface area contributed by atoms with Crippen LogP contribution in [0.15, 0.2) is 0 Å². The van der Waals surface area contributed by atoms with Crippen molar-refractivity contribution < 1.29 is 57.4 Å². The van der Waals surface area contributed by atoms with E-state index in [1.165, 1.54) is 0 Å². The van der Waals surface area contributed by atoms with Gasteiger partial charge in [0.1, 0.15) is 11.9 Å². The minimum Gasteiger partial charge on any atom is -0.342 e. The van der Waals surface area contributed by atoms with Gasteiger partial charge < -0.3 is 4.29 Å². The molecule has 120 valence electrons. The maximum absolute atomic E-state index is 12.6. The number of halogens is 12. The van der Waals surface area contributed by atoms with E-state index in [0.717, 1.165) is 0 Å². The number of hydrogen-bond acceptors (Lipinski definition) is 2. The zero-order chi connectivity index (χ0) is 16.8. The summed E-state index contributed by atoms with van der Waals surface area (Å²) >= 11 is 3.88. The first-order valence-corrected chi connectivity index (χ1v) is 4.20. The van der Waals surface area contributed by atoms with Gasteiger partial charge in [0.05, 0.1) is 0 Å². The Kier molecular flexibility index (Phi) is 4.53. The smallest absolute Gasteiger partial charge is 0.342 e. The van der Waals surface area contributed by atoms with Crippen LogP contribution in [0.3, 0.4) is 0 Å². The molecule has 0 aromatic rings. The Labute approximate surface area is 106 Å². The molecule has 0 aromatic heterocycles. The SMILES string of the molecule is O=C(OCl)C(F)(F)C(F)(F)C(F)(F)C(F)(F)C(F)(F)F. The van der Waals surface area contributed by atoms with Gasteiger partial charge in [-0.2, -0.15) is 48.3 Å². The van der Waals surface area contributed by atoms with Crippen molar-refractivity contribution in [3.05, 3.63) is 0 Å². The Bertz CT molecular complexity index is 387. The molecule has 0 spiro atoms. The van der Waals surface area contributed by atoms with E-state index >= 15 is 0 Å². The van der Waals surface area contributed by atoms with Gasteiger partial charge in [-0.1, -0.05) is 0 Å². The van der Waals surface area contributed by atoms with Crippen LogP contribution in [0.1, 0.15) is 0 Å². The Hall–Kier alpha value is -1.01. The monoisotopic (exact) mass is 348 g/mol. The number of alkyl halides is 11. The fourth-order valence-electron chi connectivity index (χ4n) is 0.749. The third kappa shape index (κ3) is 2.35. The molecule has 0 saturated carbocycles. The second kappa shape index (κ2) is 4.77. The summed E-state index contributed by atoms with van der Waals surface area (Å²) in [5, 5.41) is 0. The van der Waals surface area contributed by atoms with Gasteiger partial charge in [-0.05, 0) is 0 Å². The highest BCUT2D eigenvalue weighted by atomic mass is 35.5. The summed E-state index contributed by atoms with van der Waals surface area (Å²) in [6, 6.07) is 0. The van der Waals surface area contributed by atoms with E-state index in [1.54, 1.807) is 0 Å². The average Bonchev–Trinajstić information content (AvgIpc) is 2.25. The second-order valence-electron chi connectivity index (χ2n) is 3.16. The molecule has 0 atom stereocenters. The van der Waals surface area contributed by atoms with Gasteiger partial charge >= 0.3 is 35.8 Å². The highest BCUT2D eigenvalue weighted by Gasteiger charge is 2.89. The molecule has 20 heavy (non-hydrogen) atoms. The van der Waals surface area contributed by atoms with E-state index in [9.17, 15) is 53.1 Å². The van der Waals surface area contributed by atoms with E-state index in [0.29, 0.717) is 0 Å². The first-order chi connectivity index (χ1) is 8.48. The normalized spacial score (nSPS) is 15.2. The summed E-state index contributed by atoms with van der Waals surface area (Å²) in [7, 11) is 0. The van der Waals surface area contributed by atoms with Gasteiger partial charge in [-0.15, -0.1) is 0 Å². The van der Waals surface area contributed by atoms with Crippen molar-refractivity contribution in [3.63, 3.8) is 0 Å². The van der Waals surface area contributed by atoms with Gasteiger partial charge in [0.2, 0.25) is 0 Å². The summed E-state index contributed by atoms with van der Waals surface area (Å²) in [6.07, 6.45) is -7.29.